The molecule has 3 rings (SSSR count). The Morgan fingerprint density at radius 2 is 2.00 bits per heavy atom. The van der Waals surface area contributed by atoms with Gasteiger partial charge in [0.2, 0.25) is 5.95 Å². The van der Waals surface area contributed by atoms with Crippen LogP contribution in [0, 0.1) is 12.7 Å². The number of hydrogen-bond donors (Lipinski definition) is 1. The molecule has 2 aromatic heterocycles. The van der Waals surface area contributed by atoms with Gasteiger partial charge in [0.25, 0.3) is 0 Å². The highest BCUT2D eigenvalue weighted by molar-refractivity contribution is 6.33. The monoisotopic (exact) mass is 333 g/mol. The summed E-state index contributed by atoms with van der Waals surface area (Å²) < 4.78 is 16.5. The van der Waals surface area contributed by atoms with Gasteiger partial charge in [0, 0.05) is 18.7 Å². The van der Waals surface area contributed by atoms with Crippen LogP contribution in [0.25, 0.3) is 22.3 Å². The Balaban J connectivity index is 2.29. The summed E-state index contributed by atoms with van der Waals surface area (Å²) in [5, 5.41) is 3.23. The highest BCUT2D eigenvalue weighted by Gasteiger charge is 2.17. The Kier molecular flexibility index (Phi) is 3.93. The van der Waals surface area contributed by atoms with Crippen molar-refractivity contribution >= 4 is 28.6 Å². The van der Waals surface area contributed by atoms with E-state index < -0.39 is 0 Å². The summed E-state index contributed by atoms with van der Waals surface area (Å²) in [5.74, 6) is 0.815. The molecule has 0 saturated carbocycles. The van der Waals surface area contributed by atoms with E-state index in [-0.39, 0.29) is 11.9 Å². The second kappa shape index (κ2) is 5.77. The van der Waals surface area contributed by atoms with Crippen molar-refractivity contribution in [1.82, 2.24) is 19.5 Å². The second-order valence-corrected chi connectivity index (χ2v) is 6.00. The number of aryl methyl sites for hydroxylation is 1. The number of anilines is 1. The van der Waals surface area contributed by atoms with E-state index >= 15 is 0 Å². The maximum absolute atomic E-state index is 14.5. The van der Waals surface area contributed by atoms with E-state index in [1.165, 1.54) is 12.3 Å². The molecule has 23 heavy (non-hydrogen) atoms. The van der Waals surface area contributed by atoms with E-state index in [0.717, 1.165) is 11.3 Å². The quantitative estimate of drug-likeness (QED) is 0.779. The standard InChI is InChI=1S/C16H17ClFN5/c1-8(2)23-9(3)21-15-12(18)5-10(6-13(15)23)14-11(17)7-20-16(19-4)22-14/h5-8H,1-4H3,(H,19,20,22). The fourth-order valence-electron chi connectivity index (χ4n) is 2.75. The maximum Gasteiger partial charge on any atom is 0.223 e. The van der Waals surface area contributed by atoms with Crippen molar-refractivity contribution in [2.24, 2.45) is 0 Å². The number of halogens is 2. The summed E-state index contributed by atoms with van der Waals surface area (Å²) in [6.07, 6.45) is 1.50. The van der Waals surface area contributed by atoms with Crippen molar-refractivity contribution in [1.29, 1.82) is 0 Å². The number of benzene rings is 1. The van der Waals surface area contributed by atoms with E-state index in [2.05, 4.69) is 20.3 Å². The first-order valence-corrected chi connectivity index (χ1v) is 7.69. The van der Waals surface area contributed by atoms with Crippen molar-refractivity contribution in [3.05, 3.63) is 35.0 Å². The molecule has 120 valence electrons. The molecule has 7 heteroatoms. The van der Waals surface area contributed by atoms with Gasteiger partial charge in [-0.25, -0.2) is 19.3 Å². The summed E-state index contributed by atoms with van der Waals surface area (Å²) in [7, 11) is 1.72. The molecule has 2 heterocycles. The molecule has 0 spiro atoms. The first-order valence-electron chi connectivity index (χ1n) is 7.31. The van der Waals surface area contributed by atoms with Crippen LogP contribution in [0.1, 0.15) is 25.7 Å². The summed E-state index contributed by atoms with van der Waals surface area (Å²) in [6.45, 7) is 5.95. The fraction of sp³-hybridized carbons (Fsp3) is 0.312. The van der Waals surface area contributed by atoms with Crippen molar-refractivity contribution in [3.8, 4) is 11.3 Å². The van der Waals surface area contributed by atoms with Crippen LogP contribution in [0.3, 0.4) is 0 Å². The third kappa shape index (κ3) is 2.63. The molecule has 0 fully saturated rings. The number of nitrogens with one attached hydrogen (secondary N) is 1. The van der Waals surface area contributed by atoms with Crippen LogP contribution in [0.15, 0.2) is 18.3 Å². The average molecular weight is 334 g/mol. The summed E-state index contributed by atoms with van der Waals surface area (Å²) in [5.41, 5.74) is 2.17. The number of aromatic nitrogens is 4. The van der Waals surface area contributed by atoms with E-state index in [1.807, 2.05) is 31.4 Å². The van der Waals surface area contributed by atoms with Crippen LogP contribution in [0.4, 0.5) is 10.3 Å². The van der Waals surface area contributed by atoms with Gasteiger partial charge in [-0.1, -0.05) is 11.6 Å². The molecule has 0 aliphatic carbocycles. The lowest BCUT2D eigenvalue weighted by Gasteiger charge is -2.12. The predicted molar refractivity (Wildman–Crippen MR) is 90.4 cm³/mol. The Labute approximate surface area is 138 Å². The largest absolute Gasteiger partial charge is 0.357 e. The normalized spacial score (nSPS) is 11.4. The van der Waals surface area contributed by atoms with Gasteiger partial charge in [0.15, 0.2) is 5.82 Å². The van der Waals surface area contributed by atoms with Crippen LogP contribution < -0.4 is 5.32 Å². The van der Waals surface area contributed by atoms with E-state index in [0.29, 0.717) is 27.7 Å². The number of hydrogen-bond acceptors (Lipinski definition) is 4. The zero-order valence-corrected chi connectivity index (χ0v) is 14.1. The Hall–Kier alpha value is -2.21. The van der Waals surface area contributed by atoms with Crippen molar-refractivity contribution in [2.45, 2.75) is 26.8 Å². The first kappa shape index (κ1) is 15.7. The first-order chi connectivity index (χ1) is 10.9. The van der Waals surface area contributed by atoms with Crippen LogP contribution in [-0.4, -0.2) is 26.6 Å². The molecule has 1 aromatic carbocycles. The minimum Gasteiger partial charge on any atom is -0.357 e. The molecule has 3 aromatic rings. The van der Waals surface area contributed by atoms with Gasteiger partial charge in [-0.3, -0.25) is 0 Å². The molecular weight excluding hydrogens is 317 g/mol. The molecule has 1 N–H and O–H groups in total. The Bertz CT molecular complexity index is 888. The minimum absolute atomic E-state index is 0.170. The van der Waals surface area contributed by atoms with Crippen molar-refractivity contribution < 1.29 is 4.39 Å². The zero-order chi connectivity index (χ0) is 16.7. The molecule has 0 aliphatic rings. The lowest BCUT2D eigenvalue weighted by molar-refractivity contribution is 0.600. The third-order valence-electron chi connectivity index (χ3n) is 3.68. The molecule has 0 aliphatic heterocycles. The average Bonchev–Trinajstić information content (AvgIpc) is 2.84. The third-order valence-corrected chi connectivity index (χ3v) is 3.96. The molecule has 0 bridgehead atoms. The lowest BCUT2D eigenvalue weighted by atomic mass is 10.1. The van der Waals surface area contributed by atoms with Gasteiger partial charge in [-0.15, -0.1) is 0 Å². The van der Waals surface area contributed by atoms with Crippen LogP contribution in [0.2, 0.25) is 5.02 Å². The highest BCUT2D eigenvalue weighted by atomic mass is 35.5. The van der Waals surface area contributed by atoms with Gasteiger partial charge in [-0.05, 0) is 32.9 Å². The highest BCUT2D eigenvalue weighted by Crippen LogP contribution is 2.32. The van der Waals surface area contributed by atoms with E-state index in [9.17, 15) is 4.39 Å². The summed E-state index contributed by atoms with van der Waals surface area (Å²) >= 11 is 6.20. The number of rotatable bonds is 3. The molecule has 0 radical (unpaired) electrons. The maximum atomic E-state index is 14.5. The fourth-order valence-corrected chi connectivity index (χ4v) is 2.95. The summed E-state index contributed by atoms with van der Waals surface area (Å²) in [6, 6.07) is 3.45. The van der Waals surface area contributed by atoms with Crippen LogP contribution in [-0.2, 0) is 0 Å². The number of fused-ring (bicyclic) bond motifs is 1. The van der Waals surface area contributed by atoms with Gasteiger partial charge in [-0.2, -0.15) is 0 Å². The SMILES string of the molecule is CNc1ncc(Cl)c(-c2cc(F)c3nc(C)n(C(C)C)c3c2)n1. The van der Waals surface area contributed by atoms with Crippen molar-refractivity contribution in [2.75, 3.05) is 12.4 Å². The van der Waals surface area contributed by atoms with Gasteiger partial charge >= 0.3 is 0 Å². The molecule has 5 nitrogen and oxygen atoms in total. The van der Waals surface area contributed by atoms with Crippen LogP contribution >= 0.6 is 11.6 Å². The van der Waals surface area contributed by atoms with Gasteiger partial charge in [0.1, 0.15) is 11.3 Å². The van der Waals surface area contributed by atoms with Crippen molar-refractivity contribution in [3.63, 3.8) is 0 Å². The van der Waals surface area contributed by atoms with Gasteiger partial charge in [0.05, 0.1) is 22.4 Å². The molecule has 0 unspecified atom stereocenters. The second-order valence-electron chi connectivity index (χ2n) is 5.59. The predicted octanol–water partition coefficient (Wildman–Crippen LogP) is 4.22. The number of imidazole rings is 1. The summed E-state index contributed by atoms with van der Waals surface area (Å²) in [4.78, 5) is 12.7. The topological polar surface area (TPSA) is 55.6 Å². The smallest absolute Gasteiger partial charge is 0.223 e. The van der Waals surface area contributed by atoms with Gasteiger partial charge < -0.3 is 9.88 Å². The van der Waals surface area contributed by atoms with E-state index in [1.54, 1.807) is 7.05 Å². The van der Waals surface area contributed by atoms with Crippen LogP contribution in [0.5, 0.6) is 0 Å². The van der Waals surface area contributed by atoms with E-state index in [4.69, 9.17) is 11.6 Å². The minimum atomic E-state index is -0.388. The molecule has 0 saturated heterocycles. The molecule has 0 atom stereocenters. The molecular formula is C16H17ClFN5. The molecule has 0 amide bonds. The zero-order valence-electron chi connectivity index (χ0n) is 13.4. The Morgan fingerprint density at radius 3 is 2.65 bits per heavy atom. The Morgan fingerprint density at radius 1 is 1.26 bits per heavy atom. The number of nitrogens with zero attached hydrogens (tertiary/aromatic N) is 4. The lowest BCUT2D eigenvalue weighted by Crippen LogP contribution is -2.03.